The lowest BCUT2D eigenvalue weighted by molar-refractivity contribution is -0.146. The summed E-state index contributed by atoms with van der Waals surface area (Å²) in [7, 11) is 0. The fourth-order valence-electron chi connectivity index (χ4n) is 3.00. The first-order valence-corrected chi connectivity index (χ1v) is 7.78. The van der Waals surface area contributed by atoms with Crippen molar-refractivity contribution < 1.29 is 9.90 Å². The first-order valence-electron chi connectivity index (χ1n) is 6.79. The van der Waals surface area contributed by atoms with E-state index < -0.39 is 11.5 Å². The second-order valence-electron chi connectivity index (χ2n) is 4.93. The molecule has 1 aliphatic rings. The van der Waals surface area contributed by atoms with Crippen LogP contribution in [0.3, 0.4) is 0 Å². The van der Waals surface area contributed by atoms with Crippen LogP contribution >= 0.6 is 11.8 Å². The van der Waals surface area contributed by atoms with Crippen molar-refractivity contribution in [3.05, 3.63) is 12.4 Å². The number of likely N-dealkylation sites (N-methyl/N-ethyl adjacent to an activating group) is 1. The summed E-state index contributed by atoms with van der Waals surface area (Å²) in [4.78, 5) is 18.8. The molecule has 6 heteroatoms. The van der Waals surface area contributed by atoms with Gasteiger partial charge in [-0.15, -0.1) is 0 Å². The summed E-state index contributed by atoms with van der Waals surface area (Å²) in [6.07, 6.45) is 7.18. The third-order valence-corrected chi connectivity index (χ3v) is 4.81. The van der Waals surface area contributed by atoms with Gasteiger partial charge in [0.2, 0.25) is 0 Å². The number of thioether (sulfide) groups is 1. The van der Waals surface area contributed by atoms with E-state index in [2.05, 4.69) is 15.3 Å². The van der Waals surface area contributed by atoms with Crippen LogP contribution in [0.2, 0.25) is 0 Å². The fourth-order valence-corrected chi connectivity index (χ4v) is 3.88. The lowest BCUT2D eigenvalue weighted by atomic mass is 9.85. The van der Waals surface area contributed by atoms with Gasteiger partial charge in [0, 0.05) is 18.1 Å². The molecule has 0 radical (unpaired) electrons. The molecular formula is C13H21N3O2S. The average molecular weight is 283 g/mol. The zero-order valence-corrected chi connectivity index (χ0v) is 12.0. The summed E-state index contributed by atoms with van der Waals surface area (Å²) < 4.78 is 0. The van der Waals surface area contributed by atoms with Crippen LogP contribution in [0.5, 0.6) is 0 Å². The van der Waals surface area contributed by atoms with Crippen LogP contribution in [0.4, 0.5) is 0 Å². The number of H-pyrrole nitrogens is 1. The molecule has 1 aliphatic carbocycles. The Morgan fingerprint density at radius 3 is 3.21 bits per heavy atom. The molecule has 0 bridgehead atoms. The van der Waals surface area contributed by atoms with Gasteiger partial charge < -0.3 is 15.4 Å². The predicted molar refractivity (Wildman–Crippen MR) is 75.3 cm³/mol. The van der Waals surface area contributed by atoms with Crippen LogP contribution in [-0.4, -0.2) is 38.9 Å². The summed E-state index contributed by atoms with van der Waals surface area (Å²) >= 11 is 1.66. The third-order valence-electron chi connectivity index (χ3n) is 3.87. The molecule has 0 spiro atoms. The Labute approximate surface area is 117 Å². The molecule has 1 heterocycles. The molecule has 2 rings (SSSR count). The molecular weight excluding hydrogens is 262 g/mol. The summed E-state index contributed by atoms with van der Waals surface area (Å²) in [6, 6.07) is 0. The molecule has 3 N–H and O–H groups in total. The number of hydrogen-bond donors (Lipinski definition) is 3. The number of aromatic nitrogens is 2. The van der Waals surface area contributed by atoms with Gasteiger partial charge in [-0.3, -0.25) is 4.79 Å². The van der Waals surface area contributed by atoms with Crippen molar-refractivity contribution in [2.75, 3.05) is 12.3 Å². The molecule has 1 saturated carbocycles. The lowest BCUT2D eigenvalue weighted by Crippen LogP contribution is -2.54. The zero-order valence-electron chi connectivity index (χ0n) is 11.2. The minimum absolute atomic E-state index is 0.215. The van der Waals surface area contributed by atoms with Gasteiger partial charge in [0.25, 0.3) is 0 Å². The van der Waals surface area contributed by atoms with Gasteiger partial charge >= 0.3 is 5.97 Å². The highest BCUT2D eigenvalue weighted by atomic mass is 32.2. The van der Waals surface area contributed by atoms with Crippen LogP contribution in [0.15, 0.2) is 17.6 Å². The number of nitrogens with one attached hydrogen (secondary N) is 2. The minimum Gasteiger partial charge on any atom is -0.480 e. The van der Waals surface area contributed by atoms with E-state index in [-0.39, 0.29) is 5.92 Å². The second-order valence-corrected chi connectivity index (χ2v) is 6.01. The van der Waals surface area contributed by atoms with Crippen molar-refractivity contribution in [2.24, 2.45) is 5.92 Å². The van der Waals surface area contributed by atoms with Gasteiger partial charge in [-0.2, -0.15) is 0 Å². The van der Waals surface area contributed by atoms with E-state index in [1.165, 1.54) is 0 Å². The highest BCUT2D eigenvalue weighted by Crippen LogP contribution is 2.39. The van der Waals surface area contributed by atoms with Crippen LogP contribution in [0.1, 0.15) is 32.6 Å². The molecule has 106 valence electrons. The standard InChI is InChI=1S/C13H21N3O2S/c1-2-16-13(11(17)18)6-3-4-10(13)5-9-19-12-14-7-8-15-12/h7-8,10,16H,2-6,9H2,1H3,(H,14,15)(H,17,18). The number of carboxylic acid groups (broad SMARTS) is 1. The van der Waals surface area contributed by atoms with Crippen molar-refractivity contribution in [2.45, 2.75) is 43.3 Å². The van der Waals surface area contributed by atoms with Crippen LogP contribution in [0.25, 0.3) is 0 Å². The molecule has 1 aromatic heterocycles. The molecule has 5 nitrogen and oxygen atoms in total. The lowest BCUT2D eigenvalue weighted by Gasteiger charge is -2.32. The van der Waals surface area contributed by atoms with Gasteiger partial charge in [-0.25, -0.2) is 4.98 Å². The van der Waals surface area contributed by atoms with Crippen molar-refractivity contribution in [1.82, 2.24) is 15.3 Å². The average Bonchev–Trinajstić information content (AvgIpc) is 3.01. The van der Waals surface area contributed by atoms with E-state index in [9.17, 15) is 9.90 Å². The van der Waals surface area contributed by atoms with Crippen LogP contribution in [-0.2, 0) is 4.79 Å². The van der Waals surface area contributed by atoms with Gasteiger partial charge in [-0.05, 0) is 31.7 Å². The molecule has 19 heavy (non-hydrogen) atoms. The van der Waals surface area contributed by atoms with E-state index >= 15 is 0 Å². The highest BCUT2D eigenvalue weighted by molar-refractivity contribution is 7.99. The molecule has 0 aliphatic heterocycles. The largest absolute Gasteiger partial charge is 0.480 e. The molecule has 2 unspecified atom stereocenters. The molecule has 1 fully saturated rings. The Bertz CT molecular complexity index is 410. The van der Waals surface area contributed by atoms with Crippen LogP contribution in [0, 0.1) is 5.92 Å². The van der Waals surface area contributed by atoms with Gasteiger partial charge in [-0.1, -0.05) is 25.1 Å². The first-order chi connectivity index (χ1) is 9.19. The Morgan fingerprint density at radius 1 is 1.74 bits per heavy atom. The van der Waals surface area contributed by atoms with E-state index in [1.54, 1.807) is 24.2 Å². The summed E-state index contributed by atoms with van der Waals surface area (Å²) in [5.41, 5.74) is -0.710. The number of carboxylic acids is 1. The van der Waals surface area contributed by atoms with Gasteiger partial charge in [0.1, 0.15) is 5.54 Å². The molecule has 2 atom stereocenters. The van der Waals surface area contributed by atoms with E-state index in [0.29, 0.717) is 6.54 Å². The number of imidazole rings is 1. The molecule has 0 amide bonds. The summed E-state index contributed by atoms with van der Waals surface area (Å²) in [5.74, 6) is 0.422. The van der Waals surface area contributed by atoms with Crippen molar-refractivity contribution >= 4 is 17.7 Å². The van der Waals surface area contributed by atoms with Crippen molar-refractivity contribution in [3.8, 4) is 0 Å². The van der Waals surface area contributed by atoms with Crippen molar-refractivity contribution in [1.29, 1.82) is 0 Å². The van der Waals surface area contributed by atoms with Gasteiger partial charge in [0.15, 0.2) is 5.16 Å². The highest BCUT2D eigenvalue weighted by Gasteiger charge is 2.48. The molecule has 0 saturated heterocycles. The summed E-state index contributed by atoms with van der Waals surface area (Å²) in [6.45, 7) is 2.67. The maximum absolute atomic E-state index is 11.6. The van der Waals surface area contributed by atoms with Crippen LogP contribution < -0.4 is 5.32 Å². The maximum atomic E-state index is 11.6. The number of nitrogens with zero attached hydrogens (tertiary/aromatic N) is 1. The number of hydrogen-bond acceptors (Lipinski definition) is 4. The maximum Gasteiger partial charge on any atom is 0.324 e. The SMILES string of the molecule is CCNC1(C(=O)O)CCCC1CCSc1ncc[nH]1. The quantitative estimate of drug-likeness (QED) is 0.668. The molecule has 0 aromatic carbocycles. The predicted octanol–water partition coefficient (Wildman–Crippen LogP) is 2.12. The normalized spacial score (nSPS) is 26.7. The second kappa shape index (κ2) is 6.43. The van der Waals surface area contributed by atoms with E-state index in [0.717, 1.165) is 36.6 Å². The number of rotatable bonds is 7. The van der Waals surface area contributed by atoms with E-state index in [1.807, 2.05) is 6.92 Å². The Hall–Kier alpha value is -1.01. The Morgan fingerprint density at radius 2 is 2.58 bits per heavy atom. The smallest absolute Gasteiger partial charge is 0.324 e. The molecule has 1 aromatic rings. The minimum atomic E-state index is -0.710. The topological polar surface area (TPSA) is 78.0 Å². The van der Waals surface area contributed by atoms with Gasteiger partial charge in [0.05, 0.1) is 0 Å². The number of carbonyl (C=O) groups is 1. The monoisotopic (exact) mass is 283 g/mol. The Kier molecular flexibility index (Phi) is 4.87. The third kappa shape index (κ3) is 3.12. The fraction of sp³-hybridized carbons (Fsp3) is 0.692. The first kappa shape index (κ1) is 14.4. The van der Waals surface area contributed by atoms with Crippen molar-refractivity contribution in [3.63, 3.8) is 0 Å². The Balaban J connectivity index is 1.92. The number of aromatic amines is 1. The summed E-state index contributed by atoms with van der Waals surface area (Å²) in [5, 5.41) is 13.7. The van der Waals surface area contributed by atoms with E-state index in [4.69, 9.17) is 0 Å². The zero-order chi connectivity index (χ0) is 13.7. The number of aliphatic carboxylic acids is 1.